The minimum absolute atomic E-state index is 0.0450. The van der Waals surface area contributed by atoms with Crippen LogP contribution in [0.2, 0.25) is 0 Å². The minimum Gasteiger partial charge on any atom is -0.467 e. The van der Waals surface area contributed by atoms with Crippen molar-refractivity contribution in [1.29, 1.82) is 0 Å². The number of methoxy groups -OCH3 is 1. The molecule has 0 aromatic heterocycles. The van der Waals surface area contributed by atoms with Crippen LogP contribution in [-0.2, 0) is 23.7 Å². The van der Waals surface area contributed by atoms with E-state index >= 15 is 0 Å². The summed E-state index contributed by atoms with van der Waals surface area (Å²) in [5.41, 5.74) is 0.337. The number of cyclic esters (lactones) is 1. The molecule has 2 unspecified atom stereocenters. The van der Waals surface area contributed by atoms with Crippen molar-refractivity contribution in [2.45, 2.75) is 91.0 Å². The molecule has 1 aromatic rings. The number of anilines is 1. The van der Waals surface area contributed by atoms with Crippen LogP contribution in [0.4, 0.5) is 14.9 Å². The van der Waals surface area contributed by atoms with Crippen LogP contribution in [0.1, 0.15) is 77.2 Å². The first-order valence-corrected chi connectivity index (χ1v) is 13.5. The summed E-state index contributed by atoms with van der Waals surface area (Å²) in [6.45, 7) is 12.3. The Bertz CT molecular complexity index is 1140. The molecule has 2 aliphatic rings. The summed E-state index contributed by atoms with van der Waals surface area (Å²) in [5.74, 6) is -2.13. The van der Waals surface area contributed by atoms with Crippen molar-refractivity contribution in [1.82, 2.24) is 0 Å². The molecule has 2 aliphatic heterocycles. The molecular weight excluding hydrogens is 521 g/mol. The van der Waals surface area contributed by atoms with Gasteiger partial charge in [0.25, 0.3) is 0 Å². The average Bonchev–Trinajstić information content (AvgIpc) is 3.12. The molecule has 40 heavy (non-hydrogen) atoms. The van der Waals surface area contributed by atoms with Crippen LogP contribution >= 0.6 is 0 Å². The monoisotopic (exact) mass is 563 g/mol. The third-order valence-corrected chi connectivity index (χ3v) is 6.53. The van der Waals surface area contributed by atoms with Crippen LogP contribution in [0.25, 0.3) is 6.08 Å². The number of rotatable bonds is 4. The van der Waals surface area contributed by atoms with Gasteiger partial charge in [-0.3, -0.25) is 4.90 Å². The third kappa shape index (κ3) is 8.28. The van der Waals surface area contributed by atoms with Gasteiger partial charge in [0.1, 0.15) is 23.0 Å². The van der Waals surface area contributed by atoms with E-state index in [1.54, 1.807) is 73.7 Å². The van der Waals surface area contributed by atoms with Crippen molar-refractivity contribution in [3.05, 3.63) is 41.2 Å². The minimum atomic E-state index is -0.863. The Morgan fingerprint density at radius 3 is 2.50 bits per heavy atom. The van der Waals surface area contributed by atoms with Crippen molar-refractivity contribution in [3.8, 4) is 5.75 Å². The van der Waals surface area contributed by atoms with Crippen LogP contribution < -0.4 is 9.64 Å². The molecule has 0 N–H and O–H groups in total. The normalized spacial score (nSPS) is 27.2. The van der Waals surface area contributed by atoms with Gasteiger partial charge in [-0.2, -0.15) is 0 Å². The molecule has 9 nitrogen and oxygen atoms in total. The lowest BCUT2D eigenvalue weighted by Crippen LogP contribution is -2.34. The summed E-state index contributed by atoms with van der Waals surface area (Å²) >= 11 is 0. The van der Waals surface area contributed by atoms with E-state index < -0.39 is 47.7 Å². The van der Waals surface area contributed by atoms with Crippen LogP contribution in [-0.4, -0.2) is 62.7 Å². The Labute approximate surface area is 236 Å². The SMILES string of the molecule is COCOc1cc(N(C)C(=O)OC(C)(C)C)cc2c1C(=O)O[C@@H](C)[C@H](C)/C=C(/F)CC1OC(C)(C)OC1C/C=C/2. The highest BCUT2D eigenvalue weighted by Crippen LogP contribution is 2.36. The first kappa shape index (κ1) is 31.6. The van der Waals surface area contributed by atoms with Crippen molar-refractivity contribution < 1.29 is 42.4 Å². The number of esters is 1. The predicted molar refractivity (Wildman–Crippen MR) is 149 cm³/mol. The molecule has 3 rings (SSSR count). The van der Waals surface area contributed by atoms with Gasteiger partial charge in [-0.15, -0.1) is 0 Å². The number of hydrogen-bond donors (Lipinski definition) is 0. The van der Waals surface area contributed by atoms with E-state index in [0.29, 0.717) is 17.7 Å². The van der Waals surface area contributed by atoms with Crippen LogP contribution in [0.5, 0.6) is 5.75 Å². The number of amides is 1. The molecule has 2 heterocycles. The smallest absolute Gasteiger partial charge is 0.414 e. The fourth-order valence-corrected chi connectivity index (χ4v) is 4.46. The van der Waals surface area contributed by atoms with Gasteiger partial charge in [0.2, 0.25) is 0 Å². The Hall–Kier alpha value is -2.95. The maximum absolute atomic E-state index is 15.0. The van der Waals surface area contributed by atoms with Gasteiger partial charge in [0, 0.05) is 32.6 Å². The number of ether oxygens (including phenoxy) is 6. The fraction of sp³-hybridized carbons (Fsp3) is 0.600. The molecular formula is C30H42FNO8. The molecule has 0 radical (unpaired) electrons. The summed E-state index contributed by atoms with van der Waals surface area (Å²) in [6.07, 6.45) is 3.33. The Kier molecular flexibility index (Phi) is 10.0. The quantitative estimate of drug-likeness (QED) is 0.307. The number of hydrogen-bond acceptors (Lipinski definition) is 8. The molecule has 1 fully saturated rings. The van der Waals surface area contributed by atoms with E-state index in [2.05, 4.69) is 0 Å². The zero-order valence-electron chi connectivity index (χ0n) is 24.9. The number of carbonyl (C=O) groups is 2. The van der Waals surface area contributed by atoms with E-state index in [-0.39, 0.29) is 30.4 Å². The molecule has 0 spiro atoms. The zero-order chi connectivity index (χ0) is 29.8. The lowest BCUT2D eigenvalue weighted by molar-refractivity contribution is -0.146. The molecule has 4 atom stereocenters. The lowest BCUT2D eigenvalue weighted by Gasteiger charge is -2.26. The van der Waals surface area contributed by atoms with Gasteiger partial charge >= 0.3 is 12.1 Å². The van der Waals surface area contributed by atoms with Gasteiger partial charge < -0.3 is 28.4 Å². The maximum atomic E-state index is 15.0. The molecule has 0 aliphatic carbocycles. The molecule has 10 heteroatoms. The highest BCUT2D eigenvalue weighted by Gasteiger charge is 2.41. The van der Waals surface area contributed by atoms with E-state index in [1.807, 2.05) is 6.08 Å². The van der Waals surface area contributed by atoms with Crippen LogP contribution in [0, 0.1) is 5.92 Å². The summed E-state index contributed by atoms with van der Waals surface area (Å²) in [4.78, 5) is 27.7. The van der Waals surface area contributed by atoms with Gasteiger partial charge in [0.05, 0.1) is 23.7 Å². The van der Waals surface area contributed by atoms with E-state index in [0.717, 1.165) is 0 Å². The summed E-state index contributed by atoms with van der Waals surface area (Å²) in [7, 11) is 3.03. The number of halogens is 1. The number of fused-ring (bicyclic) bond motifs is 2. The molecule has 1 aromatic carbocycles. The Morgan fingerprint density at radius 2 is 1.85 bits per heavy atom. The molecule has 0 saturated carbocycles. The molecule has 222 valence electrons. The molecule has 0 bridgehead atoms. The largest absolute Gasteiger partial charge is 0.467 e. The lowest BCUT2D eigenvalue weighted by atomic mass is 9.99. The summed E-state index contributed by atoms with van der Waals surface area (Å²) < 4.78 is 49.2. The van der Waals surface area contributed by atoms with Crippen LogP contribution in [0.15, 0.2) is 30.1 Å². The average molecular weight is 564 g/mol. The highest BCUT2D eigenvalue weighted by molar-refractivity contribution is 5.99. The number of benzene rings is 1. The van der Waals surface area contributed by atoms with Crippen molar-refractivity contribution in [2.75, 3.05) is 25.9 Å². The first-order chi connectivity index (χ1) is 18.6. The standard InChI is InChI=1S/C30H42FNO8/c1-18-13-21(31)15-24-23(38-30(6,7)39-24)12-10-11-20-14-22(32(8)28(34)40-29(3,4)5)16-25(36-17-35-9)26(20)27(33)37-19(18)2/h10-11,13-14,16,18-19,23-24H,12,15,17H2,1-9H3/b11-10+,21-13+/t18-,19+,23?,24?/m1/s1. The van der Waals surface area contributed by atoms with Gasteiger partial charge in [-0.25, -0.2) is 14.0 Å². The van der Waals surface area contributed by atoms with Gasteiger partial charge in [-0.1, -0.05) is 19.1 Å². The molecule has 1 amide bonds. The van der Waals surface area contributed by atoms with E-state index in [1.165, 1.54) is 18.1 Å². The van der Waals surface area contributed by atoms with Crippen molar-refractivity contribution in [2.24, 2.45) is 5.92 Å². The fourth-order valence-electron chi connectivity index (χ4n) is 4.46. The second-order valence-electron chi connectivity index (χ2n) is 11.6. The molecule has 1 saturated heterocycles. The van der Waals surface area contributed by atoms with Crippen molar-refractivity contribution in [3.63, 3.8) is 0 Å². The van der Waals surface area contributed by atoms with Gasteiger partial charge in [-0.05, 0) is 65.7 Å². The Balaban J connectivity index is 2.11. The predicted octanol–water partition coefficient (Wildman–Crippen LogP) is 6.40. The van der Waals surface area contributed by atoms with Crippen LogP contribution in [0.3, 0.4) is 0 Å². The first-order valence-electron chi connectivity index (χ1n) is 13.5. The zero-order valence-corrected chi connectivity index (χ0v) is 24.9. The number of carbonyl (C=O) groups excluding carboxylic acids is 2. The van der Waals surface area contributed by atoms with E-state index in [4.69, 9.17) is 28.4 Å². The third-order valence-electron chi connectivity index (χ3n) is 6.53. The van der Waals surface area contributed by atoms with E-state index in [9.17, 15) is 14.0 Å². The topological polar surface area (TPSA) is 92.8 Å². The maximum Gasteiger partial charge on any atom is 0.414 e. The summed E-state index contributed by atoms with van der Waals surface area (Å²) in [6, 6.07) is 3.24. The number of nitrogens with zero attached hydrogens (tertiary/aromatic N) is 1. The second kappa shape index (κ2) is 12.7. The van der Waals surface area contributed by atoms with Gasteiger partial charge in [0.15, 0.2) is 12.6 Å². The highest BCUT2D eigenvalue weighted by atomic mass is 19.1. The Morgan fingerprint density at radius 1 is 1.18 bits per heavy atom. The summed E-state index contributed by atoms with van der Waals surface area (Å²) in [5, 5.41) is 0. The van der Waals surface area contributed by atoms with Crippen molar-refractivity contribution >= 4 is 23.8 Å². The second-order valence-corrected chi connectivity index (χ2v) is 11.6.